The van der Waals surface area contributed by atoms with E-state index in [0.29, 0.717) is 0 Å². The van der Waals surface area contributed by atoms with Crippen LogP contribution in [0.1, 0.15) is 12.0 Å². The number of rotatable bonds is 1. The van der Waals surface area contributed by atoms with Crippen molar-refractivity contribution in [3.05, 3.63) is 23.8 Å². The Morgan fingerprint density at radius 3 is 3.07 bits per heavy atom. The summed E-state index contributed by atoms with van der Waals surface area (Å²) < 4.78 is 5.48. The number of ether oxygens (including phenoxy) is 1. The fraction of sp³-hybridized carbons (Fsp3) is 0.364. The summed E-state index contributed by atoms with van der Waals surface area (Å²) >= 11 is 5.40. The van der Waals surface area contributed by atoms with Crippen LogP contribution in [0.5, 0.6) is 5.75 Å². The fourth-order valence-corrected chi connectivity index (χ4v) is 1.75. The van der Waals surface area contributed by atoms with Crippen molar-refractivity contribution < 1.29 is 9.53 Å². The van der Waals surface area contributed by atoms with Crippen LogP contribution in [0, 0.1) is 0 Å². The first-order chi connectivity index (χ1) is 7.18. The lowest BCUT2D eigenvalue weighted by molar-refractivity contribution is 0.265. The molecule has 0 atom stereocenters. The minimum atomic E-state index is -0.480. The molecule has 1 amide bonds. The lowest BCUT2D eigenvalue weighted by atomic mass is 10.1. The molecule has 0 saturated carbocycles. The van der Waals surface area contributed by atoms with Gasteiger partial charge in [-0.1, -0.05) is 0 Å². The molecule has 80 valence electrons. The zero-order valence-electron chi connectivity index (χ0n) is 8.50. The minimum Gasteiger partial charge on any atom is -0.493 e. The molecule has 0 N–H and O–H groups in total. The van der Waals surface area contributed by atoms with E-state index in [1.54, 1.807) is 7.05 Å². The van der Waals surface area contributed by atoms with E-state index < -0.39 is 5.37 Å². The number of carbonyl (C=O) groups is 1. The molecule has 3 nitrogen and oxygen atoms in total. The minimum absolute atomic E-state index is 0.480. The molecule has 1 aromatic carbocycles. The predicted molar refractivity (Wildman–Crippen MR) is 59.9 cm³/mol. The van der Waals surface area contributed by atoms with Crippen LogP contribution < -0.4 is 9.64 Å². The molecule has 4 heteroatoms. The van der Waals surface area contributed by atoms with Gasteiger partial charge in [-0.05, 0) is 48.2 Å². The van der Waals surface area contributed by atoms with Gasteiger partial charge in [-0.15, -0.1) is 0 Å². The van der Waals surface area contributed by atoms with E-state index in [9.17, 15) is 4.79 Å². The Morgan fingerprint density at radius 2 is 2.33 bits per heavy atom. The van der Waals surface area contributed by atoms with E-state index in [1.807, 2.05) is 18.2 Å². The first-order valence-corrected chi connectivity index (χ1v) is 5.25. The van der Waals surface area contributed by atoms with E-state index in [-0.39, 0.29) is 0 Å². The summed E-state index contributed by atoms with van der Waals surface area (Å²) in [5.41, 5.74) is 1.95. The van der Waals surface area contributed by atoms with Gasteiger partial charge in [-0.3, -0.25) is 4.79 Å². The Balaban J connectivity index is 2.31. The van der Waals surface area contributed by atoms with Gasteiger partial charge >= 0.3 is 5.37 Å². The number of nitrogens with zero attached hydrogens (tertiary/aromatic N) is 1. The van der Waals surface area contributed by atoms with Crippen LogP contribution in [-0.2, 0) is 6.42 Å². The number of hydrogen-bond donors (Lipinski definition) is 0. The monoisotopic (exact) mass is 225 g/mol. The molecule has 0 aromatic heterocycles. The summed E-state index contributed by atoms with van der Waals surface area (Å²) in [7, 11) is 1.65. The zero-order chi connectivity index (χ0) is 10.8. The zero-order valence-corrected chi connectivity index (χ0v) is 9.25. The van der Waals surface area contributed by atoms with Gasteiger partial charge in [0.15, 0.2) is 0 Å². The van der Waals surface area contributed by atoms with Gasteiger partial charge < -0.3 is 9.64 Å². The van der Waals surface area contributed by atoms with Gasteiger partial charge in [0, 0.05) is 12.7 Å². The molecular weight excluding hydrogens is 214 g/mol. The molecule has 1 aliphatic heterocycles. The molecule has 0 radical (unpaired) electrons. The van der Waals surface area contributed by atoms with E-state index in [4.69, 9.17) is 16.3 Å². The lowest BCUT2D eigenvalue weighted by Crippen LogP contribution is -2.20. The number of aryl methyl sites for hydroxylation is 1. The van der Waals surface area contributed by atoms with Crippen molar-refractivity contribution in [2.75, 3.05) is 18.6 Å². The van der Waals surface area contributed by atoms with Crippen molar-refractivity contribution >= 4 is 22.7 Å². The number of benzene rings is 1. The second kappa shape index (κ2) is 4.11. The Bertz CT molecular complexity index is 392. The smallest absolute Gasteiger partial charge is 0.320 e. The Morgan fingerprint density at radius 1 is 1.53 bits per heavy atom. The van der Waals surface area contributed by atoms with Gasteiger partial charge in [0.2, 0.25) is 0 Å². The highest BCUT2D eigenvalue weighted by Crippen LogP contribution is 2.29. The second-order valence-electron chi connectivity index (χ2n) is 3.56. The number of fused-ring (bicyclic) bond motifs is 1. The lowest BCUT2D eigenvalue weighted by Gasteiger charge is -2.20. The van der Waals surface area contributed by atoms with Crippen molar-refractivity contribution in [1.29, 1.82) is 0 Å². The highest BCUT2D eigenvalue weighted by Gasteiger charge is 2.13. The SMILES string of the molecule is CN(C(=O)Cl)c1ccc2c(c1)CCCO2. The number of halogens is 1. The van der Waals surface area contributed by atoms with Crippen molar-refractivity contribution in [2.24, 2.45) is 0 Å². The molecule has 15 heavy (non-hydrogen) atoms. The third-order valence-electron chi connectivity index (χ3n) is 2.54. The van der Waals surface area contributed by atoms with Crippen molar-refractivity contribution in [3.63, 3.8) is 0 Å². The van der Waals surface area contributed by atoms with E-state index in [2.05, 4.69) is 0 Å². The first-order valence-electron chi connectivity index (χ1n) is 4.87. The summed E-state index contributed by atoms with van der Waals surface area (Å²) in [5, 5.41) is -0.480. The topological polar surface area (TPSA) is 29.5 Å². The van der Waals surface area contributed by atoms with Crippen LogP contribution >= 0.6 is 11.6 Å². The molecule has 0 spiro atoms. The van der Waals surface area contributed by atoms with E-state index in [1.165, 1.54) is 4.90 Å². The average molecular weight is 226 g/mol. The van der Waals surface area contributed by atoms with Crippen LogP contribution in [-0.4, -0.2) is 19.0 Å². The number of hydrogen-bond acceptors (Lipinski definition) is 2. The van der Waals surface area contributed by atoms with Gasteiger partial charge in [0.05, 0.1) is 6.61 Å². The largest absolute Gasteiger partial charge is 0.493 e. The highest BCUT2D eigenvalue weighted by atomic mass is 35.5. The maximum atomic E-state index is 11.0. The summed E-state index contributed by atoms with van der Waals surface area (Å²) in [4.78, 5) is 12.4. The van der Waals surface area contributed by atoms with Gasteiger partial charge in [-0.25, -0.2) is 0 Å². The van der Waals surface area contributed by atoms with Gasteiger partial charge in [-0.2, -0.15) is 0 Å². The molecule has 0 saturated heterocycles. The number of anilines is 1. The Kier molecular flexibility index (Phi) is 2.82. The molecule has 0 unspecified atom stereocenters. The Hall–Kier alpha value is -1.22. The average Bonchev–Trinajstić information content (AvgIpc) is 2.27. The molecule has 0 bridgehead atoms. The number of amides is 1. The molecule has 1 heterocycles. The normalized spacial score (nSPS) is 14.0. The third-order valence-corrected chi connectivity index (χ3v) is 2.80. The Labute approximate surface area is 93.6 Å². The van der Waals surface area contributed by atoms with Crippen LogP contribution in [0.15, 0.2) is 18.2 Å². The summed E-state index contributed by atoms with van der Waals surface area (Å²) in [6, 6.07) is 5.68. The highest BCUT2D eigenvalue weighted by molar-refractivity contribution is 6.66. The van der Waals surface area contributed by atoms with Crippen LogP contribution in [0.3, 0.4) is 0 Å². The second-order valence-corrected chi connectivity index (χ2v) is 3.88. The van der Waals surface area contributed by atoms with Crippen LogP contribution in [0.2, 0.25) is 0 Å². The molecular formula is C11H12ClNO2. The fourth-order valence-electron chi connectivity index (χ4n) is 1.66. The maximum absolute atomic E-state index is 11.0. The standard InChI is InChI=1S/C11H12ClNO2/c1-13(11(12)14)9-4-5-10-8(7-9)3-2-6-15-10/h4-5,7H,2-3,6H2,1H3. The van der Waals surface area contributed by atoms with E-state index >= 15 is 0 Å². The van der Waals surface area contributed by atoms with E-state index in [0.717, 1.165) is 36.4 Å². The molecule has 1 aliphatic rings. The van der Waals surface area contributed by atoms with Crippen molar-refractivity contribution in [3.8, 4) is 5.75 Å². The summed E-state index contributed by atoms with van der Waals surface area (Å²) in [5.74, 6) is 0.917. The third kappa shape index (κ3) is 2.07. The number of carbonyl (C=O) groups excluding carboxylic acids is 1. The summed E-state index contributed by atoms with van der Waals surface area (Å²) in [6.45, 7) is 0.774. The molecule has 1 aromatic rings. The van der Waals surface area contributed by atoms with Crippen LogP contribution in [0.25, 0.3) is 0 Å². The quantitative estimate of drug-likeness (QED) is 0.543. The molecule has 2 rings (SSSR count). The van der Waals surface area contributed by atoms with Gasteiger partial charge in [0.25, 0.3) is 0 Å². The van der Waals surface area contributed by atoms with Crippen LogP contribution in [0.4, 0.5) is 10.5 Å². The predicted octanol–water partition coefficient (Wildman–Crippen LogP) is 2.81. The van der Waals surface area contributed by atoms with Crippen molar-refractivity contribution in [1.82, 2.24) is 0 Å². The van der Waals surface area contributed by atoms with Crippen molar-refractivity contribution in [2.45, 2.75) is 12.8 Å². The maximum Gasteiger partial charge on any atom is 0.320 e. The summed E-state index contributed by atoms with van der Waals surface area (Å²) in [6.07, 6.45) is 2.02. The first kappa shape index (κ1) is 10.3. The van der Waals surface area contributed by atoms with Gasteiger partial charge in [0.1, 0.15) is 5.75 Å². The molecule has 0 aliphatic carbocycles. The molecule has 0 fully saturated rings.